The van der Waals surface area contributed by atoms with Gasteiger partial charge in [0, 0.05) is 22.2 Å². The molecule has 23 heavy (non-hydrogen) atoms. The summed E-state index contributed by atoms with van der Waals surface area (Å²) in [6.45, 7) is 6.65. The molecule has 2 heterocycles. The smallest absolute Gasteiger partial charge is 0.410 e. The van der Waals surface area contributed by atoms with Gasteiger partial charge in [-0.2, -0.15) is 4.98 Å². The number of aromatic nitrogens is 2. The number of hydrogen-bond acceptors (Lipinski definition) is 5. The number of hydrogen-bond donors (Lipinski definition) is 0. The van der Waals surface area contributed by atoms with E-state index in [9.17, 15) is 4.79 Å². The molecule has 0 radical (unpaired) electrons. The van der Waals surface area contributed by atoms with Crippen LogP contribution in [0.5, 0.6) is 0 Å². The Labute approximate surface area is 148 Å². The molecule has 1 aliphatic heterocycles. The van der Waals surface area contributed by atoms with E-state index < -0.39 is 5.60 Å². The van der Waals surface area contributed by atoms with Crippen molar-refractivity contribution in [3.05, 3.63) is 33.7 Å². The standard InChI is InChI=1S/C16H18IN3O3/c1-16(2,3)22-15(21)20-8-11(9-20)14-18-13(19-23-14)10-4-6-12(17)7-5-10/h4-7,11H,8-9H2,1-3H3. The molecular weight excluding hydrogens is 409 g/mol. The van der Waals surface area contributed by atoms with E-state index in [1.54, 1.807) is 4.90 Å². The number of ether oxygens (including phenoxy) is 1. The van der Waals surface area contributed by atoms with Gasteiger partial charge >= 0.3 is 6.09 Å². The van der Waals surface area contributed by atoms with Crippen molar-refractivity contribution in [1.82, 2.24) is 15.0 Å². The van der Waals surface area contributed by atoms with Crippen molar-refractivity contribution in [2.24, 2.45) is 0 Å². The van der Waals surface area contributed by atoms with Gasteiger partial charge < -0.3 is 14.2 Å². The van der Waals surface area contributed by atoms with E-state index in [4.69, 9.17) is 9.26 Å². The van der Waals surface area contributed by atoms with Crippen molar-refractivity contribution < 1.29 is 14.1 Å². The average Bonchev–Trinajstić information content (AvgIpc) is 2.85. The van der Waals surface area contributed by atoms with Crippen LogP contribution in [0.4, 0.5) is 4.79 Å². The minimum absolute atomic E-state index is 0.0765. The third kappa shape index (κ3) is 3.82. The van der Waals surface area contributed by atoms with Gasteiger partial charge in [0.25, 0.3) is 0 Å². The van der Waals surface area contributed by atoms with Gasteiger partial charge in [-0.15, -0.1) is 0 Å². The molecule has 1 aromatic heterocycles. The van der Waals surface area contributed by atoms with Crippen LogP contribution < -0.4 is 0 Å². The van der Waals surface area contributed by atoms with E-state index in [1.165, 1.54) is 0 Å². The number of carbonyl (C=O) groups is 1. The normalized spacial score (nSPS) is 15.4. The lowest BCUT2D eigenvalue weighted by molar-refractivity contribution is 0.00558. The number of nitrogens with zero attached hydrogens (tertiary/aromatic N) is 3. The summed E-state index contributed by atoms with van der Waals surface area (Å²) in [7, 11) is 0. The van der Waals surface area contributed by atoms with Crippen molar-refractivity contribution in [3.63, 3.8) is 0 Å². The minimum Gasteiger partial charge on any atom is -0.444 e. The van der Waals surface area contributed by atoms with Gasteiger partial charge in [0.05, 0.1) is 5.92 Å². The average molecular weight is 427 g/mol. The van der Waals surface area contributed by atoms with Gasteiger partial charge in [0.1, 0.15) is 5.60 Å². The first-order valence-electron chi connectivity index (χ1n) is 7.39. The highest BCUT2D eigenvalue weighted by Crippen LogP contribution is 2.29. The molecule has 0 bridgehead atoms. The van der Waals surface area contributed by atoms with Gasteiger partial charge in [-0.1, -0.05) is 17.3 Å². The molecule has 0 saturated carbocycles. The Balaban J connectivity index is 1.61. The van der Waals surface area contributed by atoms with E-state index in [0.29, 0.717) is 24.8 Å². The summed E-state index contributed by atoms with van der Waals surface area (Å²) in [5, 5.41) is 4.03. The second-order valence-electron chi connectivity index (χ2n) is 6.55. The van der Waals surface area contributed by atoms with Crippen LogP contribution in [0, 0.1) is 3.57 Å². The molecule has 1 fully saturated rings. The summed E-state index contributed by atoms with van der Waals surface area (Å²) in [4.78, 5) is 18.0. The van der Waals surface area contributed by atoms with Crippen LogP contribution in [-0.2, 0) is 4.74 Å². The van der Waals surface area contributed by atoms with Crippen molar-refractivity contribution in [2.45, 2.75) is 32.3 Å². The molecule has 0 unspecified atom stereocenters. The van der Waals surface area contributed by atoms with Gasteiger partial charge in [0.15, 0.2) is 0 Å². The topological polar surface area (TPSA) is 68.5 Å². The number of rotatable bonds is 2. The predicted octanol–water partition coefficient (Wildman–Crippen LogP) is 3.68. The largest absolute Gasteiger partial charge is 0.444 e. The van der Waals surface area contributed by atoms with Crippen LogP contribution in [0.25, 0.3) is 11.4 Å². The lowest BCUT2D eigenvalue weighted by Crippen LogP contribution is -2.50. The Morgan fingerprint density at radius 3 is 2.57 bits per heavy atom. The number of amides is 1. The third-order valence-corrected chi connectivity index (χ3v) is 4.15. The zero-order valence-electron chi connectivity index (χ0n) is 13.2. The lowest BCUT2D eigenvalue weighted by Gasteiger charge is -2.37. The fourth-order valence-electron chi connectivity index (χ4n) is 2.23. The summed E-state index contributed by atoms with van der Waals surface area (Å²) >= 11 is 2.25. The second kappa shape index (κ2) is 6.10. The highest BCUT2D eigenvalue weighted by Gasteiger charge is 2.37. The number of halogens is 1. The quantitative estimate of drug-likeness (QED) is 0.685. The van der Waals surface area contributed by atoms with E-state index in [1.807, 2.05) is 45.0 Å². The molecule has 0 spiro atoms. The Morgan fingerprint density at radius 1 is 1.30 bits per heavy atom. The maximum Gasteiger partial charge on any atom is 0.410 e. The summed E-state index contributed by atoms with van der Waals surface area (Å²) < 4.78 is 11.8. The first kappa shape index (κ1) is 16.2. The van der Waals surface area contributed by atoms with Crippen LogP contribution in [0.2, 0.25) is 0 Å². The fraction of sp³-hybridized carbons (Fsp3) is 0.438. The minimum atomic E-state index is -0.481. The molecule has 1 amide bonds. The Hall–Kier alpha value is -1.64. The zero-order chi connectivity index (χ0) is 16.6. The maximum absolute atomic E-state index is 11.9. The number of carbonyl (C=O) groups excluding carboxylic acids is 1. The van der Waals surface area contributed by atoms with Gasteiger partial charge in [0.2, 0.25) is 11.7 Å². The van der Waals surface area contributed by atoms with Crippen molar-refractivity contribution >= 4 is 28.7 Å². The molecule has 0 aliphatic carbocycles. The van der Waals surface area contributed by atoms with E-state index in [0.717, 1.165) is 9.13 Å². The van der Waals surface area contributed by atoms with Crippen LogP contribution in [0.1, 0.15) is 32.6 Å². The van der Waals surface area contributed by atoms with Crippen molar-refractivity contribution in [3.8, 4) is 11.4 Å². The molecule has 6 nitrogen and oxygen atoms in total. The Bertz CT molecular complexity index is 700. The van der Waals surface area contributed by atoms with E-state index in [-0.39, 0.29) is 12.0 Å². The summed E-state index contributed by atoms with van der Waals surface area (Å²) in [5.41, 5.74) is 0.439. The summed E-state index contributed by atoms with van der Waals surface area (Å²) in [6.07, 6.45) is -0.300. The highest BCUT2D eigenvalue weighted by atomic mass is 127. The predicted molar refractivity (Wildman–Crippen MR) is 93.0 cm³/mol. The first-order valence-corrected chi connectivity index (χ1v) is 8.47. The zero-order valence-corrected chi connectivity index (χ0v) is 15.4. The van der Waals surface area contributed by atoms with Crippen LogP contribution in [0.15, 0.2) is 28.8 Å². The third-order valence-electron chi connectivity index (χ3n) is 3.43. The maximum atomic E-state index is 11.9. The number of likely N-dealkylation sites (tertiary alicyclic amines) is 1. The van der Waals surface area contributed by atoms with E-state index >= 15 is 0 Å². The van der Waals surface area contributed by atoms with Crippen molar-refractivity contribution in [1.29, 1.82) is 0 Å². The van der Waals surface area contributed by atoms with Gasteiger partial charge in [-0.25, -0.2) is 4.79 Å². The highest BCUT2D eigenvalue weighted by molar-refractivity contribution is 14.1. The summed E-state index contributed by atoms with van der Waals surface area (Å²) in [5.74, 6) is 1.22. The monoisotopic (exact) mass is 427 g/mol. The van der Waals surface area contributed by atoms with Crippen molar-refractivity contribution in [2.75, 3.05) is 13.1 Å². The lowest BCUT2D eigenvalue weighted by atomic mass is 10.0. The van der Waals surface area contributed by atoms with Gasteiger partial charge in [-0.05, 0) is 55.5 Å². The molecule has 1 aliphatic rings. The molecule has 7 heteroatoms. The molecule has 122 valence electrons. The molecular formula is C16H18IN3O3. The molecule has 0 atom stereocenters. The first-order chi connectivity index (χ1) is 10.8. The molecule has 1 aromatic carbocycles. The van der Waals surface area contributed by atoms with Crippen LogP contribution in [0.3, 0.4) is 0 Å². The summed E-state index contributed by atoms with van der Waals surface area (Å²) in [6, 6.07) is 7.92. The van der Waals surface area contributed by atoms with E-state index in [2.05, 4.69) is 32.7 Å². The SMILES string of the molecule is CC(C)(C)OC(=O)N1CC(c2nc(-c3ccc(I)cc3)no2)C1. The molecule has 1 saturated heterocycles. The molecule has 0 N–H and O–H groups in total. The van der Waals surface area contributed by atoms with Crippen LogP contribution >= 0.6 is 22.6 Å². The van der Waals surface area contributed by atoms with Crippen LogP contribution in [-0.4, -0.2) is 39.8 Å². The molecule has 3 rings (SSSR count). The second-order valence-corrected chi connectivity index (χ2v) is 7.79. The molecule has 2 aromatic rings. The Morgan fingerprint density at radius 2 is 1.96 bits per heavy atom. The Kier molecular flexibility index (Phi) is 4.31. The fourth-order valence-corrected chi connectivity index (χ4v) is 2.59. The van der Waals surface area contributed by atoms with Gasteiger partial charge in [-0.3, -0.25) is 0 Å². The number of benzene rings is 1.